The molecule has 1 aromatic carbocycles. The Kier molecular flexibility index (Phi) is 6.50. The van der Waals surface area contributed by atoms with Gasteiger partial charge in [0.05, 0.1) is 0 Å². The quantitative estimate of drug-likeness (QED) is 0.734. The van der Waals surface area contributed by atoms with Gasteiger partial charge in [-0.2, -0.15) is 11.8 Å². The lowest BCUT2D eigenvalue weighted by molar-refractivity contribution is 0.555. The lowest BCUT2D eigenvalue weighted by Crippen LogP contribution is -2.27. The Hall–Kier alpha value is -0.540. The number of thioether (sulfide) groups is 1. The molecule has 0 amide bonds. The molecule has 3 heteroatoms. The molecular formula is C13H20FNS. The van der Waals surface area contributed by atoms with E-state index < -0.39 is 0 Å². The van der Waals surface area contributed by atoms with Crippen LogP contribution in [-0.2, 0) is 5.75 Å². The van der Waals surface area contributed by atoms with Crippen LogP contribution in [0.25, 0.3) is 0 Å². The molecule has 0 aliphatic rings. The second kappa shape index (κ2) is 7.69. The molecule has 0 aliphatic heterocycles. The Morgan fingerprint density at radius 2 is 2.12 bits per heavy atom. The molecular weight excluding hydrogens is 221 g/mol. The van der Waals surface area contributed by atoms with Crippen LogP contribution in [0.3, 0.4) is 0 Å². The molecule has 0 fully saturated rings. The van der Waals surface area contributed by atoms with Crippen LogP contribution >= 0.6 is 11.8 Å². The monoisotopic (exact) mass is 241 g/mol. The predicted molar refractivity (Wildman–Crippen MR) is 70.3 cm³/mol. The van der Waals surface area contributed by atoms with Gasteiger partial charge < -0.3 is 5.32 Å². The Morgan fingerprint density at radius 3 is 2.81 bits per heavy atom. The van der Waals surface area contributed by atoms with Gasteiger partial charge in [-0.3, -0.25) is 0 Å². The van der Waals surface area contributed by atoms with Gasteiger partial charge in [0.2, 0.25) is 0 Å². The minimum absolute atomic E-state index is 0.0927. The van der Waals surface area contributed by atoms with Crippen molar-refractivity contribution in [3.05, 3.63) is 35.6 Å². The van der Waals surface area contributed by atoms with Crippen LogP contribution < -0.4 is 5.32 Å². The van der Waals surface area contributed by atoms with E-state index in [1.54, 1.807) is 17.8 Å². The largest absolute Gasteiger partial charge is 0.313 e. The fraction of sp³-hybridized carbons (Fsp3) is 0.538. The zero-order chi connectivity index (χ0) is 11.8. The SMILES string of the molecule is CCC(C)NCCSCc1ccccc1F. The summed E-state index contributed by atoms with van der Waals surface area (Å²) in [5.74, 6) is 1.69. The molecule has 0 saturated carbocycles. The summed E-state index contributed by atoms with van der Waals surface area (Å²) in [7, 11) is 0. The minimum atomic E-state index is -0.0927. The molecule has 1 unspecified atom stereocenters. The number of hydrogen-bond donors (Lipinski definition) is 1. The molecule has 0 spiro atoms. The molecule has 90 valence electrons. The molecule has 0 radical (unpaired) electrons. The zero-order valence-corrected chi connectivity index (χ0v) is 10.8. The average Bonchev–Trinajstić information content (AvgIpc) is 2.30. The fourth-order valence-corrected chi connectivity index (χ4v) is 2.18. The van der Waals surface area contributed by atoms with E-state index in [1.165, 1.54) is 6.07 Å². The summed E-state index contributed by atoms with van der Waals surface area (Å²) < 4.78 is 13.3. The molecule has 0 aromatic heterocycles. The first-order valence-corrected chi connectivity index (χ1v) is 6.94. The molecule has 1 atom stereocenters. The van der Waals surface area contributed by atoms with Gasteiger partial charge >= 0.3 is 0 Å². The lowest BCUT2D eigenvalue weighted by Gasteiger charge is -2.10. The van der Waals surface area contributed by atoms with Gasteiger partial charge in [0.1, 0.15) is 5.82 Å². The van der Waals surface area contributed by atoms with Gasteiger partial charge in [0, 0.05) is 24.1 Å². The summed E-state index contributed by atoms with van der Waals surface area (Å²) in [6.45, 7) is 5.35. The van der Waals surface area contributed by atoms with Crippen molar-refractivity contribution >= 4 is 11.8 Å². The van der Waals surface area contributed by atoms with E-state index in [0.29, 0.717) is 6.04 Å². The van der Waals surface area contributed by atoms with Crippen LogP contribution in [0.5, 0.6) is 0 Å². The summed E-state index contributed by atoms with van der Waals surface area (Å²) in [5, 5.41) is 3.42. The van der Waals surface area contributed by atoms with E-state index >= 15 is 0 Å². The number of benzene rings is 1. The summed E-state index contributed by atoms with van der Waals surface area (Å²) in [5.41, 5.74) is 0.802. The fourth-order valence-electron chi connectivity index (χ4n) is 1.32. The van der Waals surface area contributed by atoms with Crippen LogP contribution in [0.2, 0.25) is 0 Å². The highest BCUT2D eigenvalue weighted by Gasteiger charge is 2.00. The minimum Gasteiger partial charge on any atom is -0.313 e. The highest BCUT2D eigenvalue weighted by molar-refractivity contribution is 7.98. The smallest absolute Gasteiger partial charge is 0.127 e. The Balaban J connectivity index is 2.14. The van der Waals surface area contributed by atoms with Crippen molar-refractivity contribution < 1.29 is 4.39 Å². The third kappa shape index (κ3) is 4.99. The van der Waals surface area contributed by atoms with Gasteiger partial charge in [-0.1, -0.05) is 25.1 Å². The van der Waals surface area contributed by atoms with E-state index in [0.717, 1.165) is 30.0 Å². The summed E-state index contributed by atoms with van der Waals surface area (Å²) in [6.07, 6.45) is 1.15. The van der Waals surface area contributed by atoms with Crippen molar-refractivity contribution in [1.29, 1.82) is 0 Å². The van der Waals surface area contributed by atoms with Gasteiger partial charge in [0.25, 0.3) is 0 Å². The molecule has 1 nitrogen and oxygen atoms in total. The van der Waals surface area contributed by atoms with Gasteiger partial charge in [-0.25, -0.2) is 4.39 Å². The molecule has 1 aromatic rings. The van der Waals surface area contributed by atoms with Crippen molar-refractivity contribution in [3.8, 4) is 0 Å². The number of rotatable bonds is 7. The number of halogens is 1. The summed E-state index contributed by atoms with van der Waals surface area (Å²) >= 11 is 1.77. The standard InChI is InChI=1S/C13H20FNS/c1-3-11(2)15-8-9-16-10-12-6-4-5-7-13(12)14/h4-7,11,15H,3,8-10H2,1-2H3. The average molecular weight is 241 g/mol. The highest BCUT2D eigenvalue weighted by atomic mass is 32.2. The van der Waals surface area contributed by atoms with E-state index in [-0.39, 0.29) is 5.82 Å². The normalized spacial score (nSPS) is 12.7. The van der Waals surface area contributed by atoms with Crippen molar-refractivity contribution in [2.24, 2.45) is 0 Å². The second-order valence-corrected chi connectivity index (χ2v) is 5.01. The molecule has 1 N–H and O–H groups in total. The van der Waals surface area contributed by atoms with Crippen molar-refractivity contribution in [2.75, 3.05) is 12.3 Å². The molecule has 0 aliphatic carbocycles. The van der Waals surface area contributed by atoms with E-state index in [4.69, 9.17) is 0 Å². The third-order valence-electron chi connectivity index (χ3n) is 2.57. The van der Waals surface area contributed by atoms with Crippen molar-refractivity contribution in [2.45, 2.75) is 32.1 Å². The maximum atomic E-state index is 13.3. The van der Waals surface area contributed by atoms with E-state index in [1.807, 2.05) is 12.1 Å². The predicted octanol–water partition coefficient (Wildman–Crippen LogP) is 3.45. The molecule has 0 heterocycles. The first-order chi connectivity index (χ1) is 7.74. The third-order valence-corrected chi connectivity index (χ3v) is 3.57. The molecule has 0 bridgehead atoms. The lowest BCUT2D eigenvalue weighted by atomic mass is 10.2. The first kappa shape index (κ1) is 13.5. The van der Waals surface area contributed by atoms with Gasteiger partial charge in [-0.15, -0.1) is 0 Å². The Morgan fingerprint density at radius 1 is 1.38 bits per heavy atom. The molecule has 16 heavy (non-hydrogen) atoms. The summed E-state index contributed by atoms with van der Waals surface area (Å²) in [4.78, 5) is 0. The summed E-state index contributed by atoms with van der Waals surface area (Å²) in [6, 6.07) is 7.57. The van der Waals surface area contributed by atoms with E-state index in [9.17, 15) is 4.39 Å². The maximum absolute atomic E-state index is 13.3. The van der Waals surface area contributed by atoms with Gasteiger partial charge in [0.15, 0.2) is 0 Å². The second-order valence-electron chi connectivity index (χ2n) is 3.91. The number of hydrogen-bond acceptors (Lipinski definition) is 2. The van der Waals surface area contributed by atoms with Crippen LogP contribution in [0.15, 0.2) is 24.3 Å². The molecule has 1 rings (SSSR count). The van der Waals surface area contributed by atoms with Crippen LogP contribution in [0.4, 0.5) is 4.39 Å². The first-order valence-electron chi connectivity index (χ1n) is 5.78. The highest BCUT2D eigenvalue weighted by Crippen LogP contribution is 2.14. The van der Waals surface area contributed by atoms with Crippen LogP contribution in [0.1, 0.15) is 25.8 Å². The van der Waals surface area contributed by atoms with Crippen LogP contribution in [-0.4, -0.2) is 18.3 Å². The maximum Gasteiger partial charge on any atom is 0.127 e. The van der Waals surface area contributed by atoms with Crippen molar-refractivity contribution in [3.63, 3.8) is 0 Å². The Bertz CT molecular complexity index is 304. The van der Waals surface area contributed by atoms with Gasteiger partial charge in [-0.05, 0) is 25.0 Å². The topological polar surface area (TPSA) is 12.0 Å². The molecule has 0 saturated heterocycles. The van der Waals surface area contributed by atoms with Crippen molar-refractivity contribution in [1.82, 2.24) is 5.32 Å². The number of nitrogens with one attached hydrogen (secondary N) is 1. The Labute approximate surface area is 102 Å². The van der Waals surface area contributed by atoms with E-state index in [2.05, 4.69) is 19.2 Å². The van der Waals surface area contributed by atoms with Crippen LogP contribution in [0, 0.1) is 5.82 Å². The zero-order valence-electron chi connectivity index (χ0n) is 10.0.